The standard InChI is InChI=1S/C15H22FN3O/c1-19-14-7-4-3-6-12(14)13(18-19)10-15(16,11-20-2)8-5-9-17/h3-4,6-7H,5,8-11,17H2,1-2H3. The number of alkyl halides is 1. The summed E-state index contributed by atoms with van der Waals surface area (Å²) in [5.41, 5.74) is 5.87. The van der Waals surface area contributed by atoms with Crippen molar-refractivity contribution in [2.75, 3.05) is 20.3 Å². The molecule has 0 saturated heterocycles. The second-order valence-corrected chi connectivity index (χ2v) is 5.24. The summed E-state index contributed by atoms with van der Waals surface area (Å²) in [5.74, 6) is 0. The second-order valence-electron chi connectivity index (χ2n) is 5.24. The predicted octanol–water partition coefficient (Wildman–Crippen LogP) is 2.21. The molecule has 0 bridgehead atoms. The quantitative estimate of drug-likeness (QED) is 0.845. The van der Waals surface area contributed by atoms with Gasteiger partial charge in [-0.2, -0.15) is 5.10 Å². The Morgan fingerprint density at radius 1 is 1.40 bits per heavy atom. The number of para-hydroxylation sites is 1. The largest absolute Gasteiger partial charge is 0.381 e. The fourth-order valence-electron chi connectivity index (χ4n) is 2.61. The molecular formula is C15H22FN3O. The van der Waals surface area contributed by atoms with Crippen LogP contribution in [0.5, 0.6) is 0 Å². The number of hydrogen-bond donors (Lipinski definition) is 1. The maximum Gasteiger partial charge on any atom is 0.139 e. The highest BCUT2D eigenvalue weighted by Gasteiger charge is 2.31. The Hall–Kier alpha value is -1.46. The van der Waals surface area contributed by atoms with Gasteiger partial charge in [-0.15, -0.1) is 0 Å². The van der Waals surface area contributed by atoms with E-state index in [9.17, 15) is 4.39 Å². The molecular weight excluding hydrogens is 257 g/mol. The number of nitrogens with zero attached hydrogens (tertiary/aromatic N) is 2. The number of ether oxygens (including phenoxy) is 1. The Morgan fingerprint density at radius 3 is 2.85 bits per heavy atom. The van der Waals surface area contributed by atoms with Gasteiger partial charge in [0.25, 0.3) is 0 Å². The van der Waals surface area contributed by atoms with Crippen molar-refractivity contribution < 1.29 is 9.13 Å². The molecule has 0 aliphatic rings. The maximum atomic E-state index is 15.0. The van der Waals surface area contributed by atoms with Gasteiger partial charge in [0.05, 0.1) is 17.8 Å². The maximum absolute atomic E-state index is 15.0. The average Bonchev–Trinajstić information content (AvgIpc) is 2.74. The van der Waals surface area contributed by atoms with Gasteiger partial charge in [0.1, 0.15) is 5.67 Å². The molecule has 2 N–H and O–H groups in total. The fraction of sp³-hybridized carbons (Fsp3) is 0.533. The van der Waals surface area contributed by atoms with E-state index in [4.69, 9.17) is 10.5 Å². The third-order valence-electron chi connectivity index (χ3n) is 3.55. The summed E-state index contributed by atoms with van der Waals surface area (Å²) in [5, 5.41) is 5.46. The number of hydrogen-bond acceptors (Lipinski definition) is 3. The number of methoxy groups -OCH3 is 1. The van der Waals surface area contributed by atoms with Gasteiger partial charge in [0.2, 0.25) is 0 Å². The number of halogens is 1. The van der Waals surface area contributed by atoms with Crippen molar-refractivity contribution in [3.8, 4) is 0 Å². The first-order valence-electron chi connectivity index (χ1n) is 6.88. The first kappa shape index (κ1) is 14.9. The highest BCUT2D eigenvalue weighted by Crippen LogP contribution is 2.27. The van der Waals surface area contributed by atoms with E-state index in [0.29, 0.717) is 19.4 Å². The molecule has 0 radical (unpaired) electrons. The number of aryl methyl sites for hydroxylation is 1. The molecule has 1 unspecified atom stereocenters. The van der Waals surface area contributed by atoms with Gasteiger partial charge in [0.15, 0.2) is 0 Å². The first-order valence-corrected chi connectivity index (χ1v) is 6.88. The van der Waals surface area contributed by atoms with E-state index in [0.717, 1.165) is 16.6 Å². The topological polar surface area (TPSA) is 53.1 Å². The number of fused-ring (bicyclic) bond motifs is 1. The van der Waals surface area contributed by atoms with Crippen molar-refractivity contribution in [2.24, 2.45) is 12.8 Å². The van der Waals surface area contributed by atoms with Crippen molar-refractivity contribution in [1.82, 2.24) is 9.78 Å². The number of aromatic nitrogens is 2. The molecule has 20 heavy (non-hydrogen) atoms. The highest BCUT2D eigenvalue weighted by atomic mass is 19.1. The van der Waals surface area contributed by atoms with Gasteiger partial charge < -0.3 is 10.5 Å². The van der Waals surface area contributed by atoms with Gasteiger partial charge >= 0.3 is 0 Å². The lowest BCUT2D eigenvalue weighted by Gasteiger charge is -2.23. The molecule has 0 aliphatic heterocycles. The molecule has 2 aromatic rings. The Bertz CT molecular complexity index is 569. The highest BCUT2D eigenvalue weighted by molar-refractivity contribution is 5.81. The zero-order valence-electron chi connectivity index (χ0n) is 12.1. The molecule has 2 rings (SSSR count). The van der Waals surface area contributed by atoms with Crippen molar-refractivity contribution in [3.05, 3.63) is 30.0 Å². The summed E-state index contributed by atoms with van der Waals surface area (Å²) in [6.45, 7) is 0.552. The Kier molecular flexibility index (Phi) is 4.73. The van der Waals surface area contributed by atoms with Crippen molar-refractivity contribution in [3.63, 3.8) is 0 Å². The van der Waals surface area contributed by atoms with Crippen LogP contribution in [0.3, 0.4) is 0 Å². The van der Waals surface area contributed by atoms with E-state index in [1.165, 1.54) is 7.11 Å². The Labute approximate surface area is 118 Å². The summed E-state index contributed by atoms with van der Waals surface area (Å²) >= 11 is 0. The molecule has 4 nitrogen and oxygen atoms in total. The molecule has 0 spiro atoms. The number of benzene rings is 1. The molecule has 1 aromatic heterocycles. The van der Waals surface area contributed by atoms with Gasteiger partial charge in [-0.1, -0.05) is 18.2 Å². The lowest BCUT2D eigenvalue weighted by atomic mass is 9.93. The molecule has 110 valence electrons. The van der Waals surface area contributed by atoms with Crippen LogP contribution in [-0.4, -0.2) is 35.7 Å². The minimum absolute atomic E-state index is 0.0674. The molecule has 0 fully saturated rings. The van der Waals surface area contributed by atoms with E-state index in [1.54, 1.807) is 4.68 Å². The van der Waals surface area contributed by atoms with Crippen molar-refractivity contribution >= 4 is 10.9 Å². The third-order valence-corrected chi connectivity index (χ3v) is 3.55. The average molecular weight is 279 g/mol. The monoisotopic (exact) mass is 279 g/mol. The molecule has 0 aliphatic carbocycles. The van der Waals surface area contributed by atoms with E-state index >= 15 is 0 Å². The van der Waals surface area contributed by atoms with E-state index in [2.05, 4.69) is 5.10 Å². The van der Waals surface area contributed by atoms with Crippen LogP contribution in [-0.2, 0) is 18.2 Å². The number of nitrogens with two attached hydrogens (primary N) is 1. The van der Waals surface area contributed by atoms with Crippen LogP contribution in [0.4, 0.5) is 4.39 Å². The zero-order valence-corrected chi connectivity index (χ0v) is 12.1. The fourth-order valence-corrected chi connectivity index (χ4v) is 2.61. The normalized spacial score (nSPS) is 14.6. The molecule has 5 heteroatoms. The molecule has 0 amide bonds. The van der Waals surface area contributed by atoms with E-state index in [1.807, 2.05) is 31.3 Å². The minimum Gasteiger partial charge on any atom is -0.381 e. The zero-order chi connectivity index (χ0) is 14.6. The van der Waals surface area contributed by atoms with Gasteiger partial charge in [-0.25, -0.2) is 4.39 Å². The van der Waals surface area contributed by atoms with Crippen LogP contribution < -0.4 is 5.73 Å². The Balaban J connectivity index is 2.28. The minimum atomic E-state index is -1.41. The van der Waals surface area contributed by atoms with Crippen molar-refractivity contribution in [2.45, 2.75) is 24.9 Å². The molecule has 1 heterocycles. The van der Waals surface area contributed by atoms with E-state index < -0.39 is 5.67 Å². The summed E-state index contributed by atoms with van der Waals surface area (Å²) in [6, 6.07) is 7.87. The summed E-state index contributed by atoms with van der Waals surface area (Å²) in [4.78, 5) is 0. The van der Waals surface area contributed by atoms with Crippen LogP contribution in [0.2, 0.25) is 0 Å². The smallest absolute Gasteiger partial charge is 0.139 e. The SMILES string of the molecule is COCC(F)(CCCN)Cc1nn(C)c2ccccc12. The van der Waals surface area contributed by atoms with Crippen LogP contribution in [0.1, 0.15) is 18.5 Å². The second kappa shape index (κ2) is 6.33. The van der Waals surface area contributed by atoms with Crippen LogP contribution >= 0.6 is 0 Å². The molecule has 0 saturated carbocycles. The predicted molar refractivity (Wildman–Crippen MR) is 78.4 cm³/mol. The van der Waals surface area contributed by atoms with Crippen molar-refractivity contribution in [1.29, 1.82) is 0 Å². The van der Waals surface area contributed by atoms with Crippen LogP contribution in [0.15, 0.2) is 24.3 Å². The van der Waals surface area contributed by atoms with Crippen LogP contribution in [0.25, 0.3) is 10.9 Å². The van der Waals surface area contributed by atoms with Gasteiger partial charge in [-0.3, -0.25) is 4.68 Å². The van der Waals surface area contributed by atoms with Gasteiger partial charge in [-0.05, 0) is 25.5 Å². The lowest BCUT2D eigenvalue weighted by molar-refractivity contribution is 0.0329. The molecule has 1 atom stereocenters. The summed E-state index contributed by atoms with van der Waals surface area (Å²) in [6.07, 6.45) is 1.29. The summed E-state index contributed by atoms with van der Waals surface area (Å²) < 4.78 is 21.8. The van der Waals surface area contributed by atoms with Gasteiger partial charge in [0, 0.05) is 26.0 Å². The molecule has 1 aromatic carbocycles. The lowest BCUT2D eigenvalue weighted by Crippen LogP contribution is -2.32. The third kappa shape index (κ3) is 3.16. The van der Waals surface area contributed by atoms with E-state index in [-0.39, 0.29) is 13.0 Å². The van der Waals surface area contributed by atoms with Crippen LogP contribution in [0, 0.1) is 0 Å². The first-order chi connectivity index (χ1) is 9.59. The summed E-state index contributed by atoms with van der Waals surface area (Å²) in [7, 11) is 3.40. The number of rotatable bonds is 7. The Morgan fingerprint density at radius 2 is 2.15 bits per heavy atom.